The number of halogens is 1. The molecule has 0 atom stereocenters. The number of aromatic nitrogens is 4. The van der Waals surface area contributed by atoms with Crippen molar-refractivity contribution in [1.82, 2.24) is 24.3 Å². The molecular weight excluding hydrogens is 468 g/mol. The van der Waals surface area contributed by atoms with E-state index in [0.717, 1.165) is 35.4 Å². The SMILES string of the molecule is COc1cc(C2CCN(C(=O)CO)CC2)ccc1Nc1ncc(Cl)c(-c2cnc3ccccn23)n1. The lowest BCUT2D eigenvalue weighted by molar-refractivity contribution is -0.135. The Morgan fingerprint density at radius 3 is 2.80 bits per heavy atom. The summed E-state index contributed by atoms with van der Waals surface area (Å²) >= 11 is 6.44. The lowest BCUT2D eigenvalue weighted by atomic mass is 9.89. The molecule has 0 spiro atoms. The van der Waals surface area contributed by atoms with Crippen LogP contribution < -0.4 is 10.1 Å². The van der Waals surface area contributed by atoms with E-state index in [9.17, 15) is 4.79 Å². The molecule has 1 aromatic carbocycles. The summed E-state index contributed by atoms with van der Waals surface area (Å²) in [4.78, 5) is 26.9. The van der Waals surface area contributed by atoms with Gasteiger partial charge in [0.25, 0.3) is 0 Å². The summed E-state index contributed by atoms with van der Waals surface area (Å²) in [5, 5.41) is 12.8. The third-order valence-corrected chi connectivity index (χ3v) is 6.61. The van der Waals surface area contributed by atoms with Crippen molar-refractivity contribution in [2.45, 2.75) is 18.8 Å². The molecular formula is C25H25ClN6O3. The number of pyridine rings is 1. The van der Waals surface area contributed by atoms with Crippen LogP contribution in [0, 0.1) is 0 Å². The first-order valence-electron chi connectivity index (χ1n) is 11.4. The van der Waals surface area contributed by atoms with Crippen molar-refractivity contribution in [3.63, 3.8) is 0 Å². The molecule has 5 rings (SSSR count). The van der Waals surface area contributed by atoms with Crippen LogP contribution in [0.3, 0.4) is 0 Å². The smallest absolute Gasteiger partial charge is 0.248 e. The number of likely N-dealkylation sites (tertiary alicyclic amines) is 1. The molecule has 9 nitrogen and oxygen atoms in total. The quantitative estimate of drug-likeness (QED) is 0.420. The van der Waals surface area contributed by atoms with Gasteiger partial charge in [0, 0.05) is 19.3 Å². The van der Waals surface area contributed by atoms with E-state index in [1.807, 2.05) is 40.9 Å². The van der Waals surface area contributed by atoms with Crippen LogP contribution in [0.1, 0.15) is 24.3 Å². The molecule has 1 aliphatic rings. The zero-order chi connectivity index (χ0) is 24.4. The number of nitrogens with one attached hydrogen (secondary N) is 1. The molecule has 0 bridgehead atoms. The van der Waals surface area contributed by atoms with Crippen molar-refractivity contribution in [1.29, 1.82) is 0 Å². The molecule has 0 unspecified atom stereocenters. The standard InChI is InChI=1S/C25H25ClN6O3/c1-35-21-12-17(16-7-10-31(11-8-16)23(34)15-33)5-6-19(21)29-25-28-13-18(26)24(30-25)20-14-27-22-4-2-3-9-32(20)22/h2-6,9,12-14,16,33H,7-8,10-11,15H2,1H3,(H,28,29,30). The number of piperidine rings is 1. The monoisotopic (exact) mass is 492 g/mol. The Kier molecular flexibility index (Phi) is 6.52. The number of rotatable bonds is 6. The van der Waals surface area contributed by atoms with E-state index < -0.39 is 6.61 Å². The Bertz CT molecular complexity index is 1370. The van der Waals surface area contributed by atoms with E-state index >= 15 is 0 Å². The van der Waals surface area contributed by atoms with Gasteiger partial charge in [0.1, 0.15) is 23.7 Å². The predicted octanol–water partition coefficient (Wildman–Crippen LogP) is 3.90. The lowest BCUT2D eigenvalue weighted by Crippen LogP contribution is -2.39. The van der Waals surface area contributed by atoms with Crippen molar-refractivity contribution in [3.05, 3.63) is 65.6 Å². The summed E-state index contributed by atoms with van der Waals surface area (Å²) in [5.41, 5.74) is 4.02. The van der Waals surface area contributed by atoms with E-state index in [1.165, 1.54) is 0 Å². The molecule has 4 aromatic rings. The van der Waals surface area contributed by atoms with Gasteiger partial charge in [-0.3, -0.25) is 9.20 Å². The number of fused-ring (bicyclic) bond motifs is 1. The minimum atomic E-state index is -0.440. The Hall–Kier alpha value is -3.69. The average molecular weight is 493 g/mol. The minimum Gasteiger partial charge on any atom is -0.495 e. The summed E-state index contributed by atoms with van der Waals surface area (Å²) in [7, 11) is 1.62. The van der Waals surface area contributed by atoms with Crippen LogP contribution in [-0.4, -0.2) is 62.1 Å². The molecule has 2 N–H and O–H groups in total. The molecule has 0 radical (unpaired) electrons. The van der Waals surface area contributed by atoms with Gasteiger partial charge in [0.05, 0.1) is 35.9 Å². The van der Waals surface area contributed by atoms with E-state index in [-0.39, 0.29) is 5.91 Å². The topological polar surface area (TPSA) is 105 Å². The molecule has 35 heavy (non-hydrogen) atoms. The van der Waals surface area contributed by atoms with E-state index in [4.69, 9.17) is 21.4 Å². The second-order valence-electron chi connectivity index (χ2n) is 8.36. The van der Waals surface area contributed by atoms with Crippen LogP contribution in [0.4, 0.5) is 11.6 Å². The molecule has 1 aliphatic heterocycles. The average Bonchev–Trinajstić information content (AvgIpc) is 3.33. The molecule has 0 saturated carbocycles. The van der Waals surface area contributed by atoms with Crippen molar-refractivity contribution in [2.24, 2.45) is 0 Å². The molecule has 1 amide bonds. The predicted molar refractivity (Wildman–Crippen MR) is 133 cm³/mol. The van der Waals surface area contributed by atoms with Gasteiger partial charge in [0.15, 0.2) is 0 Å². The van der Waals surface area contributed by atoms with Gasteiger partial charge in [-0.25, -0.2) is 15.0 Å². The van der Waals surface area contributed by atoms with Gasteiger partial charge in [-0.15, -0.1) is 0 Å². The third-order valence-electron chi connectivity index (χ3n) is 6.33. The third kappa shape index (κ3) is 4.65. The first kappa shape index (κ1) is 23.1. The molecule has 1 saturated heterocycles. The van der Waals surface area contributed by atoms with Crippen molar-refractivity contribution < 1.29 is 14.6 Å². The normalized spacial score (nSPS) is 14.3. The van der Waals surface area contributed by atoms with Crippen LogP contribution in [0.2, 0.25) is 5.02 Å². The maximum atomic E-state index is 11.7. The molecule has 1 fully saturated rings. The Morgan fingerprint density at radius 1 is 1.20 bits per heavy atom. The van der Waals surface area contributed by atoms with E-state index in [1.54, 1.807) is 24.4 Å². The number of imidazole rings is 1. The molecule has 10 heteroatoms. The number of anilines is 2. The molecule has 180 valence electrons. The van der Waals surface area contributed by atoms with Crippen molar-refractivity contribution >= 4 is 34.8 Å². The fourth-order valence-electron chi connectivity index (χ4n) is 4.46. The van der Waals surface area contributed by atoms with Crippen LogP contribution in [-0.2, 0) is 4.79 Å². The second kappa shape index (κ2) is 9.89. The number of hydrogen-bond acceptors (Lipinski definition) is 7. The highest BCUT2D eigenvalue weighted by Crippen LogP contribution is 2.35. The van der Waals surface area contributed by atoms with Crippen LogP contribution >= 0.6 is 11.6 Å². The summed E-state index contributed by atoms with van der Waals surface area (Å²) in [5.74, 6) is 1.16. The first-order valence-corrected chi connectivity index (χ1v) is 11.7. The molecule has 0 aliphatic carbocycles. The number of aliphatic hydroxyl groups is 1. The van der Waals surface area contributed by atoms with Crippen molar-refractivity contribution in [3.8, 4) is 17.1 Å². The van der Waals surface area contributed by atoms with Crippen LogP contribution in [0.5, 0.6) is 5.75 Å². The molecule has 3 aromatic heterocycles. The Morgan fingerprint density at radius 2 is 2.03 bits per heavy atom. The summed E-state index contributed by atoms with van der Waals surface area (Å²) < 4.78 is 7.58. The number of carbonyl (C=O) groups excluding carboxylic acids is 1. The lowest BCUT2D eigenvalue weighted by Gasteiger charge is -2.32. The Labute approximate surface area is 207 Å². The fraction of sp³-hybridized carbons (Fsp3) is 0.280. The number of amides is 1. The number of carbonyl (C=O) groups is 1. The maximum absolute atomic E-state index is 11.7. The van der Waals surface area contributed by atoms with Gasteiger partial charge < -0.3 is 20.1 Å². The first-order chi connectivity index (χ1) is 17.1. The largest absolute Gasteiger partial charge is 0.495 e. The zero-order valence-electron chi connectivity index (χ0n) is 19.2. The fourth-order valence-corrected chi connectivity index (χ4v) is 4.65. The maximum Gasteiger partial charge on any atom is 0.248 e. The van der Waals surface area contributed by atoms with Gasteiger partial charge >= 0.3 is 0 Å². The van der Waals surface area contributed by atoms with Gasteiger partial charge in [-0.05, 0) is 48.6 Å². The van der Waals surface area contributed by atoms with Crippen LogP contribution in [0.15, 0.2) is 55.0 Å². The van der Waals surface area contributed by atoms with E-state index in [0.29, 0.717) is 41.4 Å². The number of aliphatic hydroxyl groups excluding tert-OH is 1. The summed E-state index contributed by atoms with van der Waals surface area (Å²) in [6.45, 7) is 0.832. The van der Waals surface area contributed by atoms with Crippen LogP contribution in [0.25, 0.3) is 17.0 Å². The number of ether oxygens (including phenoxy) is 1. The highest BCUT2D eigenvalue weighted by atomic mass is 35.5. The van der Waals surface area contributed by atoms with Gasteiger partial charge in [0.2, 0.25) is 11.9 Å². The van der Waals surface area contributed by atoms with Gasteiger partial charge in [-0.2, -0.15) is 0 Å². The summed E-state index contributed by atoms with van der Waals surface area (Å²) in [6.07, 6.45) is 6.89. The Balaban J connectivity index is 1.37. The van der Waals surface area contributed by atoms with Gasteiger partial charge in [-0.1, -0.05) is 23.7 Å². The second-order valence-corrected chi connectivity index (χ2v) is 8.77. The number of benzene rings is 1. The molecule has 4 heterocycles. The number of nitrogens with zero attached hydrogens (tertiary/aromatic N) is 5. The highest BCUT2D eigenvalue weighted by molar-refractivity contribution is 6.32. The number of methoxy groups -OCH3 is 1. The number of hydrogen-bond donors (Lipinski definition) is 2. The van der Waals surface area contributed by atoms with Crippen molar-refractivity contribution in [2.75, 3.05) is 32.1 Å². The van der Waals surface area contributed by atoms with E-state index in [2.05, 4.69) is 26.3 Å². The highest BCUT2D eigenvalue weighted by Gasteiger charge is 2.24. The zero-order valence-corrected chi connectivity index (χ0v) is 19.9. The summed E-state index contributed by atoms with van der Waals surface area (Å²) in [6, 6.07) is 11.8. The minimum absolute atomic E-state index is 0.216.